The third-order valence-electron chi connectivity index (χ3n) is 3.92. The van der Waals surface area contributed by atoms with Gasteiger partial charge >= 0.3 is 0 Å². The number of aromatic nitrogens is 2. The van der Waals surface area contributed by atoms with Gasteiger partial charge in [0.1, 0.15) is 18.2 Å². The molecular weight excluding hydrogens is 252 g/mol. The van der Waals surface area contributed by atoms with Gasteiger partial charge in [-0.3, -0.25) is 0 Å². The van der Waals surface area contributed by atoms with Gasteiger partial charge in [0.05, 0.1) is 12.6 Å². The summed E-state index contributed by atoms with van der Waals surface area (Å²) in [6.07, 6.45) is 6.39. The lowest BCUT2D eigenvalue weighted by Crippen LogP contribution is -2.11. The number of nitrogens with zero attached hydrogens (tertiary/aromatic N) is 2. The van der Waals surface area contributed by atoms with Crippen LogP contribution in [-0.4, -0.2) is 21.3 Å². The highest BCUT2D eigenvalue weighted by Crippen LogP contribution is 2.32. The molecule has 4 heteroatoms. The van der Waals surface area contributed by atoms with E-state index in [9.17, 15) is 5.11 Å². The molecule has 1 aromatic carbocycles. The van der Waals surface area contributed by atoms with Crippen molar-refractivity contribution in [3.63, 3.8) is 0 Å². The van der Waals surface area contributed by atoms with Crippen molar-refractivity contribution in [3.8, 4) is 5.75 Å². The van der Waals surface area contributed by atoms with Crippen molar-refractivity contribution < 1.29 is 9.84 Å². The Hall–Kier alpha value is -1.81. The molecule has 0 unspecified atom stereocenters. The molecule has 1 N–H and O–H groups in total. The molecule has 0 fully saturated rings. The largest absolute Gasteiger partial charge is 0.492 e. The first-order chi connectivity index (χ1) is 9.74. The van der Waals surface area contributed by atoms with Gasteiger partial charge in [-0.25, -0.2) is 4.98 Å². The fourth-order valence-corrected chi connectivity index (χ4v) is 2.74. The molecule has 106 valence electrons. The molecule has 0 bridgehead atoms. The highest BCUT2D eigenvalue weighted by atomic mass is 16.5. The SMILES string of the molecule is Cc1nccn1CCOc1ccc2c(c1)[C@H](O)CCC2. The molecule has 1 atom stereocenters. The third kappa shape index (κ3) is 2.70. The van der Waals surface area contributed by atoms with Crippen LogP contribution in [0.25, 0.3) is 0 Å². The van der Waals surface area contributed by atoms with Crippen LogP contribution >= 0.6 is 0 Å². The fraction of sp³-hybridized carbons (Fsp3) is 0.438. The summed E-state index contributed by atoms with van der Waals surface area (Å²) >= 11 is 0. The van der Waals surface area contributed by atoms with Crippen molar-refractivity contribution in [1.29, 1.82) is 0 Å². The summed E-state index contributed by atoms with van der Waals surface area (Å²) < 4.78 is 7.85. The standard InChI is InChI=1S/C16H20N2O2/c1-12-17-7-8-18(12)9-10-20-14-6-5-13-3-2-4-16(19)15(13)11-14/h5-8,11,16,19H,2-4,9-10H2,1H3/t16-/m1/s1. The van der Waals surface area contributed by atoms with E-state index < -0.39 is 0 Å². The quantitative estimate of drug-likeness (QED) is 0.930. The average Bonchev–Trinajstić information content (AvgIpc) is 2.85. The summed E-state index contributed by atoms with van der Waals surface area (Å²) in [5.74, 6) is 1.83. The highest BCUT2D eigenvalue weighted by molar-refractivity contribution is 5.38. The first-order valence-electron chi connectivity index (χ1n) is 7.15. The highest BCUT2D eigenvalue weighted by Gasteiger charge is 2.18. The number of aliphatic hydroxyl groups is 1. The fourth-order valence-electron chi connectivity index (χ4n) is 2.74. The second kappa shape index (κ2) is 5.67. The Balaban J connectivity index is 1.63. The maximum Gasteiger partial charge on any atom is 0.119 e. The summed E-state index contributed by atoms with van der Waals surface area (Å²) in [6.45, 7) is 3.37. The molecule has 3 rings (SSSR count). The predicted octanol–water partition coefficient (Wildman–Crippen LogP) is 2.64. The van der Waals surface area contributed by atoms with Gasteiger partial charge in [-0.15, -0.1) is 0 Å². The molecule has 0 saturated carbocycles. The Morgan fingerprint density at radius 3 is 3.15 bits per heavy atom. The van der Waals surface area contributed by atoms with Gasteiger partial charge in [-0.2, -0.15) is 0 Å². The number of hydrogen-bond acceptors (Lipinski definition) is 3. The molecule has 20 heavy (non-hydrogen) atoms. The molecule has 0 radical (unpaired) electrons. The van der Waals surface area contributed by atoms with E-state index in [2.05, 4.69) is 15.6 Å². The molecule has 1 aliphatic carbocycles. The smallest absolute Gasteiger partial charge is 0.119 e. The van der Waals surface area contributed by atoms with E-state index in [0.29, 0.717) is 6.61 Å². The minimum absolute atomic E-state index is 0.335. The van der Waals surface area contributed by atoms with Gasteiger partial charge in [0.2, 0.25) is 0 Å². The summed E-state index contributed by atoms with van der Waals surface area (Å²) in [4.78, 5) is 4.18. The minimum atomic E-state index is -0.335. The van der Waals surface area contributed by atoms with Gasteiger partial charge in [-0.1, -0.05) is 6.07 Å². The second-order valence-corrected chi connectivity index (χ2v) is 5.28. The van der Waals surface area contributed by atoms with Gasteiger partial charge in [0.15, 0.2) is 0 Å². The minimum Gasteiger partial charge on any atom is -0.492 e. The van der Waals surface area contributed by atoms with Crippen LogP contribution in [0.3, 0.4) is 0 Å². The van der Waals surface area contributed by atoms with Crippen LogP contribution in [-0.2, 0) is 13.0 Å². The molecule has 0 saturated heterocycles. The number of rotatable bonds is 4. The normalized spacial score (nSPS) is 17.8. The van der Waals surface area contributed by atoms with Gasteiger partial charge in [0, 0.05) is 12.4 Å². The van der Waals surface area contributed by atoms with Crippen LogP contribution in [0.15, 0.2) is 30.6 Å². The Kier molecular flexibility index (Phi) is 3.74. The zero-order chi connectivity index (χ0) is 13.9. The van der Waals surface area contributed by atoms with Crippen molar-refractivity contribution in [2.75, 3.05) is 6.61 Å². The van der Waals surface area contributed by atoms with Gasteiger partial charge < -0.3 is 14.4 Å². The van der Waals surface area contributed by atoms with Crippen molar-refractivity contribution >= 4 is 0 Å². The van der Waals surface area contributed by atoms with E-state index >= 15 is 0 Å². The number of fused-ring (bicyclic) bond motifs is 1. The lowest BCUT2D eigenvalue weighted by atomic mass is 9.89. The molecule has 1 heterocycles. The van der Waals surface area contributed by atoms with Gasteiger partial charge in [0.25, 0.3) is 0 Å². The number of benzene rings is 1. The number of aliphatic hydroxyl groups excluding tert-OH is 1. The molecule has 2 aromatic rings. The van der Waals surface area contributed by atoms with E-state index in [1.165, 1.54) is 5.56 Å². The molecule has 0 aliphatic heterocycles. The van der Waals surface area contributed by atoms with Crippen molar-refractivity contribution in [3.05, 3.63) is 47.5 Å². The Bertz CT molecular complexity index is 592. The van der Waals surface area contributed by atoms with Crippen LogP contribution in [0.5, 0.6) is 5.75 Å². The maximum atomic E-state index is 10.0. The lowest BCUT2D eigenvalue weighted by molar-refractivity contribution is 0.156. The summed E-state index contributed by atoms with van der Waals surface area (Å²) in [5.41, 5.74) is 2.29. The van der Waals surface area contributed by atoms with E-state index in [0.717, 1.165) is 42.9 Å². The summed E-state index contributed by atoms with van der Waals surface area (Å²) in [7, 11) is 0. The maximum absolute atomic E-state index is 10.0. The number of ether oxygens (including phenoxy) is 1. The summed E-state index contributed by atoms with van der Waals surface area (Å²) in [5, 5.41) is 10.0. The first kappa shape index (κ1) is 13.2. The Morgan fingerprint density at radius 1 is 1.45 bits per heavy atom. The average molecular weight is 272 g/mol. The predicted molar refractivity (Wildman–Crippen MR) is 76.8 cm³/mol. The van der Waals surface area contributed by atoms with Crippen LogP contribution < -0.4 is 4.74 Å². The zero-order valence-corrected chi connectivity index (χ0v) is 11.7. The number of imidazole rings is 1. The van der Waals surface area contributed by atoms with Crippen molar-refractivity contribution in [2.45, 2.75) is 38.8 Å². The zero-order valence-electron chi connectivity index (χ0n) is 11.7. The summed E-state index contributed by atoms with van der Waals surface area (Å²) in [6, 6.07) is 6.06. The molecule has 4 nitrogen and oxygen atoms in total. The number of aryl methyl sites for hydroxylation is 2. The van der Waals surface area contributed by atoms with E-state index in [4.69, 9.17) is 4.74 Å². The van der Waals surface area contributed by atoms with E-state index in [1.54, 1.807) is 6.20 Å². The third-order valence-corrected chi connectivity index (χ3v) is 3.92. The van der Waals surface area contributed by atoms with Crippen molar-refractivity contribution in [2.24, 2.45) is 0 Å². The first-order valence-corrected chi connectivity index (χ1v) is 7.15. The molecular formula is C16H20N2O2. The monoisotopic (exact) mass is 272 g/mol. The van der Waals surface area contributed by atoms with Crippen LogP contribution in [0.2, 0.25) is 0 Å². The van der Waals surface area contributed by atoms with E-state index in [-0.39, 0.29) is 6.10 Å². The van der Waals surface area contributed by atoms with Gasteiger partial charge in [-0.05, 0) is 49.4 Å². The topological polar surface area (TPSA) is 47.3 Å². The number of hydrogen-bond donors (Lipinski definition) is 1. The van der Waals surface area contributed by atoms with Crippen LogP contribution in [0, 0.1) is 6.92 Å². The molecule has 1 aliphatic rings. The van der Waals surface area contributed by atoms with Crippen LogP contribution in [0.4, 0.5) is 0 Å². The van der Waals surface area contributed by atoms with E-state index in [1.807, 2.05) is 25.3 Å². The molecule has 0 amide bonds. The molecule has 0 spiro atoms. The Labute approximate surface area is 119 Å². The molecule has 1 aromatic heterocycles. The van der Waals surface area contributed by atoms with Crippen LogP contribution in [0.1, 0.15) is 35.9 Å². The Morgan fingerprint density at radius 2 is 2.35 bits per heavy atom. The van der Waals surface area contributed by atoms with Crippen molar-refractivity contribution in [1.82, 2.24) is 9.55 Å². The lowest BCUT2D eigenvalue weighted by Gasteiger charge is -2.22. The second-order valence-electron chi connectivity index (χ2n) is 5.28.